The normalized spacial score (nSPS) is 11.3. The van der Waals surface area contributed by atoms with E-state index in [2.05, 4.69) is 146 Å². The van der Waals surface area contributed by atoms with Crippen molar-refractivity contribution < 1.29 is 51.1 Å². The van der Waals surface area contributed by atoms with Crippen LogP contribution in [0.25, 0.3) is 0 Å². The highest BCUT2D eigenvalue weighted by Gasteiger charge is 2.18. The van der Waals surface area contributed by atoms with Crippen LogP contribution < -0.4 is 30.2 Å². The van der Waals surface area contributed by atoms with Crippen LogP contribution in [-0.4, -0.2) is 183 Å². The van der Waals surface area contributed by atoms with Gasteiger partial charge < -0.3 is 81.3 Å². The van der Waals surface area contributed by atoms with Gasteiger partial charge in [0.25, 0.3) is 0 Å². The van der Waals surface area contributed by atoms with Gasteiger partial charge >= 0.3 is 0 Å². The molecule has 0 aliphatic carbocycles. The maximum Gasteiger partial charge on any atom is 0.0606 e. The van der Waals surface area contributed by atoms with Crippen molar-refractivity contribution in [3.05, 3.63) is 179 Å². The Bertz CT molecular complexity index is 2440. The summed E-state index contributed by atoms with van der Waals surface area (Å²) in [6.07, 6.45) is 7.67. The minimum atomic E-state index is 0.0517. The minimum absolute atomic E-state index is 0.0517. The summed E-state index contributed by atoms with van der Waals surface area (Å²) in [5, 5.41) is 97.9. The lowest BCUT2D eigenvalue weighted by Crippen LogP contribution is -2.29. The third kappa shape index (κ3) is 24.5. The molecule has 16 heteroatoms. The number of rotatable bonds is 38. The highest BCUT2D eigenvalue weighted by Crippen LogP contribution is 2.34. The Hall–Kier alpha value is -6.28. The van der Waals surface area contributed by atoms with Crippen molar-refractivity contribution in [2.24, 2.45) is 0 Å². The van der Waals surface area contributed by atoms with Gasteiger partial charge in [0.05, 0.1) is 66.1 Å². The number of hydrogen-bond acceptors (Lipinski definition) is 16. The molecule has 0 aromatic heterocycles. The van der Waals surface area contributed by atoms with Crippen LogP contribution in [0.5, 0.6) is 0 Å². The number of aliphatic hydroxyl groups excluding tert-OH is 10. The molecule has 83 heavy (non-hydrogen) atoms. The largest absolute Gasteiger partial charge is 0.395 e. The second-order valence-electron chi connectivity index (χ2n) is 20.4. The molecule has 0 fully saturated rings. The molecule has 0 bridgehead atoms. The molecule has 0 aliphatic rings. The SMILES string of the molecule is CCCC(c1ccc(N(CCO)CCO)cc1)c1ccc(N(CCO)CCO)cc1.CCCCCC(c1ccc(NCCO)cc1)c1ccc(N(CCO)CCO)cc1.OCCNc1ccc(Cc2ccc(N(CCO)CCO)cc2)cc1. The quantitative estimate of drug-likeness (QED) is 0.0171. The first kappa shape index (κ1) is 69.2. The van der Waals surface area contributed by atoms with Crippen LogP contribution in [0.15, 0.2) is 146 Å². The molecule has 0 amide bonds. The molecule has 0 saturated heterocycles. The minimum Gasteiger partial charge on any atom is -0.395 e. The summed E-state index contributed by atoms with van der Waals surface area (Å²) in [7, 11) is 0. The lowest BCUT2D eigenvalue weighted by atomic mass is 9.86. The van der Waals surface area contributed by atoms with Crippen molar-refractivity contribution in [1.29, 1.82) is 0 Å². The molecule has 6 aromatic rings. The highest BCUT2D eigenvalue weighted by atomic mass is 16.3. The van der Waals surface area contributed by atoms with Gasteiger partial charge in [0, 0.05) is 111 Å². The van der Waals surface area contributed by atoms with Gasteiger partial charge in [-0.1, -0.05) is 112 Å². The summed E-state index contributed by atoms with van der Waals surface area (Å²) in [5.41, 5.74) is 13.5. The van der Waals surface area contributed by atoms with Crippen LogP contribution in [0, 0.1) is 0 Å². The van der Waals surface area contributed by atoms with Gasteiger partial charge in [-0.15, -0.1) is 0 Å². The topological polar surface area (TPSA) is 239 Å². The van der Waals surface area contributed by atoms with E-state index in [9.17, 15) is 30.6 Å². The Kier molecular flexibility index (Phi) is 34.8. The predicted molar refractivity (Wildman–Crippen MR) is 341 cm³/mol. The molecule has 0 heterocycles. The fraction of sp³-hybridized carbons (Fsp3) is 0.463. The number of nitrogens with zero attached hydrogens (tertiary/aromatic N) is 4. The molecule has 6 rings (SSSR count). The smallest absolute Gasteiger partial charge is 0.0606 e. The average molecular weight is 1150 g/mol. The number of aliphatic hydroxyl groups is 10. The van der Waals surface area contributed by atoms with Crippen LogP contribution in [0.3, 0.4) is 0 Å². The van der Waals surface area contributed by atoms with Crippen LogP contribution in [0.4, 0.5) is 34.1 Å². The fourth-order valence-corrected chi connectivity index (χ4v) is 10.2. The van der Waals surface area contributed by atoms with Crippen molar-refractivity contribution in [2.45, 2.75) is 70.6 Å². The second kappa shape index (κ2) is 41.7. The molecule has 6 aromatic carbocycles. The molecular weight excluding hydrogens is 1050 g/mol. The standard InChI is InChI=1S/C24H36N2O4.C24H36N2O3.C19H26N2O3/c1-2-3-24(20-4-8-22(9-5-20)25(12-16-27)13-17-28)21-6-10-23(11-7-21)26(14-18-29)15-19-30;1-2-3-4-5-24(20-6-10-22(11-7-20)25-14-17-27)21-8-12-23(13-9-21)26(15-18-28)16-19-29;22-12-9-20-18-5-1-16(2-6-18)15-17-3-7-19(8-4-17)21(10-13-23)11-14-24/h4-11,24,27-30H,2-3,12-19H2,1H3;6-13,24-25,27-29H,2-5,14-19H2,1H3;1-8,20,22-24H,9-15H2. The maximum atomic E-state index is 9.27. The summed E-state index contributed by atoms with van der Waals surface area (Å²) >= 11 is 0. The van der Waals surface area contributed by atoms with E-state index in [0.717, 1.165) is 59.8 Å². The summed E-state index contributed by atoms with van der Waals surface area (Å²) in [6.45, 7) is 10.3. The van der Waals surface area contributed by atoms with Gasteiger partial charge in [0.2, 0.25) is 0 Å². The zero-order valence-electron chi connectivity index (χ0n) is 49.4. The molecule has 0 spiro atoms. The Morgan fingerprint density at radius 2 is 0.566 bits per heavy atom. The third-order valence-corrected chi connectivity index (χ3v) is 14.5. The van der Waals surface area contributed by atoms with Crippen molar-refractivity contribution in [3.63, 3.8) is 0 Å². The van der Waals surface area contributed by atoms with Gasteiger partial charge in [0.1, 0.15) is 0 Å². The third-order valence-electron chi connectivity index (χ3n) is 14.5. The number of nitrogens with one attached hydrogen (secondary N) is 2. The van der Waals surface area contributed by atoms with Gasteiger partial charge in [-0.05, 0) is 125 Å². The van der Waals surface area contributed by atoms with Crippen molar-refractivity contribution in [1.82, 2.24) is 0 Å². The van der Waals surface area contributed by atoms with E-state index >= 15 is 0 Å². The molecular formula is C67H98N6O10. The molecule has 0 aliphatic heterocycles. The van der Waals surface area contributed by atoms with E-state index < -0.39 is 0 Å². The van der Waals surface area contributed by atoms with E-state index in [1.807, 2.05) is 43.9 Å². The van der Waals surface area contributed by atoms with E-state index in [1.165, 1.54) is 52.6 Å². The van der Waals surface area contributed by atoms with E-state index in [-0.39, 0.29) is 72.0 Å². The lowest BCUT2D eigenvalue weighted by Gasteiger charge is -2.25. The van der Waals surface area contributed by atoms with Gasteiger partial charge in [-0.3, -0.25) is 0 Å². The number of anilines is 6. The van der Waals surface area contributed by atoms with Crippen molar-refractivity contribution >= 4 is 34.1 Å². The van der Waals surface area contributed by atoms with Crippen LogP contribution in [0.2, 0.25) is 0 Å². The van der Waals surface area contributed by atoms with Gasteiger partial charge in [-0.2, -0.15) is 0 Å². The fourth-order valence-electron chi connectivity index (χ4n) is 10.2. The molecule has 0 saturated carbocycles. The Balaban J connectivity index is 0.000000269. The zero-order valence-corrected chi connectivity index (χ0v) is 49.4. The number of unbranched alkanes of at least 4 members (excludes halogenated alkanes) is 2. The first-order valence-electron chi connectivity index (χ1n) is 29.8. The van der Waals surface area contributed by atoms with Crippen LogP contribution >= 0.6 is 0 Å². The predicted octanol–water partition coefficient (Wildman–Crippen LogP) is 7.27. The Morgan fingerprint density at radius 1 is 0.301 bits per heavy atom. The first-order valence-corrected chi connectivity index (χ1v) is 29.8. The summed E-state index contributed by atoms with van der Waals surface area (Å²) in [5.74, 6) is 0.623. The summed E-state index contributed by atoms with van der Waals surface area (Å²) in [4.78, 5) is 7.91. The maximum absolute atomic E-state index is 9.27. The lowest BCUT2D eigenvalue weighted by molar-refractivity contribution is 0.280. The summed E-state index contributed by atoms with van der Waals surface area (Å²) < 4.78 is 0. The van der Waals surface area contributed by atoms with Crippen molar-refractivity contribution in [2.75, 3.05) is 162 Å². The van der Waals surface area contributed by atoms with E-state index in [4.69, 9.17) is 20.4 Å². The molecule has 16 nitrogen and oxygen atoms in total. The Morgan fingerprint density at radius 3 is 0.843 bits per heavy atom. The second-order valence-corrected chi connectivity index (χ2v) is 20.4. The van der Waals surface area contributed by atoms with Crippen molar-refractivity contribution in [3.8, 4) is 0 Å². The van der Waals surface area contributed by atoms with Crippen LogP contribution in [0.1, 0.15) is 97.6 Å². The molecule has 1 unspecified atom stereocenters. The monoisotopic (exact) mass is 1150 g/mol. The highest BCUT2D eigenvalue weighted by molar-refractivity contribution is 5.54. The van der Waals surface area contributed by atoms with Gasteiger partial charge in [0.15, 0.2) is 0 Å². The number of hydrogen-bond donors (Lipinski definition) is 12. The molecule has 0 radical (unpaired) electrons. The Labute approximate surface area is 494 Å². The molecule has 12 N–H and O–H groups in total. The first-order chi connectivity index (χ1) is 40.7. The van der Waals surface area contributed by atoms with Gasteiger partial charge in [-0.25, -0.2) is 0 Å². The average Bonchev–Trinajstić information content (AvgIpc) is 3.52. The van der Waals surface area contributed by atoms with E-state index in [1.54, 1.807) is 0 Å². The number of benzene rings is 6. The molecule has 1 atom stereocenters. The molecule has 456 valence electrons. The van der Waals surface area contributed by atoms with E-state index in [0.29, 0.717) is 71.4 Å². The van der Waals surface area contributed by atoms with Crippen LogP contribution in [-0.2, 0) is 6.42 Å². The zero-order chi connectivity index (χ0) is 59.9. The summed E-state index contributed by atoms with van der Waals surface area (Å²) in [6, 6.07) is 50.2.